The Balaban J connectivity index is 1.93. The van der Waals surface area contributed by atoms with E-state index in [4.69, 9.17) is 9.47 Å². The highest BCUT2D eigenvalue weighted by Gasteiger charge is 2.44. The SMILES string of the molecule is CCCC1(CCC)COC(Cc2c(C)c(C)cc(C)c2C)(Cn2ccnc2)OC1. The molecule has 3 rings (SSSR count). The minimum absolute atomic E-state index is 0.147. The van der Waals surface area contributed by atoms with Gasteiger partial charge in [0.15, 0.2) is 5.79 Å². The van der Waals surface area contributed by atoms with Crippen LogP contribution in [-0.2, 0) is 22.4 Å². The molecule has 0 spiro atoms. The molecule has 1 aliphatic rings. The molecule has 0 radical (unpaired) electrons. The third kappa shape index (κ3) is 4.75. The first-order chi connectivity index (χ1) is 13.8. The molecule has 1 saturated heterocycles. The van der Waals surface area contributed by atoms with Crippen molar-refractivity contribution in [2.75, 3.05) is 13.2 Å². The Morgan fingerprint density at radius 3 is 2.03 bits per heavy atom. The molecular formula is C25H38N2O2. The van der Waals surface area contributed by atoms with E-state index in [-0.39, 0.29) is 5.41 Å². The molecule has 160 valence electrons. The zero-order chi connectivity index (χ0) is 21.1. The molecule has 1 fully saturated rings. The van der Waals surface area contributed by atoms with Gasteiger partial charge in [0.2, 0.25) is 0 Å². The topological polar surface area (TPSA) is 36.3 Å². The third-order valence-corrected chi connectivity index (χ3v) is 6.79. The number of hydrogen-bond donors (Lipinski definition) is 0. The van der Waals surface area contributed by atoms with Crippen molar-refractivity contribution in [1.82, 2.24) is 9.55 Å². The van der Waals surface area contributed by atoms with Crippen molar-refractivity contribution in [1.29, 1.82) is 0 Å². The molecule has 0 amide bonds. The summed E-state index contributed by atoms with van der Waals surface area (Å²) in [5.74, 6) is -0.651. The summed E-state index contributed by atoms with van der Waals surface area (Å²) in [6.45, 7) is 15.6. The number of aromatic nitrogens is 2. The van der Waals surface area contributed by atoms with Gasteiger partial charge in [-0.3, -0.25) is 0 Å². The normalized spacial score (nSPS) is 18.1. The molecule has 0 atom stereocenters. The predicted molar refractivity (Wildman–Crippen MR) is 118 cm³/mol. The molecule has 0 saturated carbocycles. The summed E-state index contributed by atoms with van der Waals surface area (Å²) < 4.78 is 15.4. The van der Waals surface area contributed by atoms with Crippen molar-refractivity contribution in [3.63, 3.8) is 0 Å². The molecule has 1 aromatic heterocycles. The highest BCUT2D eigenvalue weighted by Crippen LogP contribution is 2.40. The molecule has 0 N–H and O–H groups in total. The van der Waals surface area contributed by atoms with Crippen LogP contribution in [0.5, 0.6) is 0 Å². The lowest BCUT2D eigenvalue weighted by molar-refractivity contribution is -0.311. The van der Waals surface area contributed by atoms with E-state index in [9.17, 15) is 0 Å². The first-order valence-electron chi connectivity index (χ1n) is 11.1. The lowest BCUT2D eigenvalue weighted by Crippen LogP contribution is -2.53. The Hall–Kier alpha value is -1.65. The van der Waals surface area contributed by atoms with Crippen LogP contribution in [0.15, 0.2) is 24.8 Å². The van der Waals surface area contributed by atoms with E-state index in [1.165, 1.54) is 27.8 Å². The van der Waals surface area contributed by atoms with Crippen molar-refractivity contribution < 1.29 is 9.47 Å². The summed E-state index contributed by atoms with van der Waals surface area (Å²) in [4.78, 5) is 4.23. The fraction of sp³-hybridized carbons (Fsp3) is 0.640. The summed E-state index contributed by atoms with van der Waals surface area (Å²) in [7, 11) is 0. The van der Waals surface area contributed by atoms with Crippen LogP contribution >= 0.6 is 0 Å². The van der Waals surface area contributed by atoms with E-state index >= 15 is 0 Å². The van der Waals surface area contributed by atoms with Crippen LogP contribution in [-0.4, -0.2) is 28.6 Å². The van der Waals surface area contributed by atoms with Crippen molar-refractivity contribution in [3.05, 3.63) is 52.6 Å². The van der Waals surface area contributed by atoms with Gasteiger partial charge in [0.05, 0.1) is 26.1 Å². The van der Waals surface area contributed by atoms with Crippen LogP contribution in [0, 0.1) is 33.1 Å². The Labute approximate surface area is 176 Å². The maximum Gasteiger partial charge on any atom is 0.190 e. The number of rotatable bonds is 8. The highest BCUT2D eigenvalue weighted by molar-refractivity contribution is 5.44. The van der Waals surface area contributed by atoms with Gasteiger partial charge in [-0.05, 0) is 68.4 Å². The Morgan fingerprint density at radius 2 is 1.55 bits per heavy atom. The monoisotopic (exact) mass is 398 g/mol. The van der Waals surface area contributed by atoms with Crippen molar-refractivity contribution in [2.24, 2.45) is 5.41 Å². The van der Waals surface area contributed by atoms with Gasteiger partial charge in [-0.1, -0.05) is 32.8 Å². The minimum Gasteiger partial charge on any atom is -0.347 e. The number of ether oxygens (including phenoxy) is 2. The van der Waals surface area contributed by atoms with Gasteiger partial charge in [0, 0.05) is 24.2 Å². The second kappa shape index (κ2) is 9.01. The average molecular weight is 399 g/mol. The van der Waals surface area contributed by atoms with Crippen molar-refractivity contribution in [2.45, 2.75) is 86.0 Å². The Kier molecular flexibility index (Phi) is 6.85. The van der Waals surface area contributed by atoms with Gasteiger partial charge in [-0.25, -0.2) is 4.98 Å². The molecule has 29 heavy (non-hydrogen) atoms. The molecular weight excluding hydrogens is 360 g/mol. The number of hydrogen-bond acceptors (Lipinski definition) is 3. The summed E-state index contributed by atoms with van der Waals surface area (Å²) in [6.07, 6.45) is 11.1. The van der Waals surface area contributed by atoms with Gasteiger partial charge < -0.3 is 14.0 Å². The summed E-state index contributed by atoms with van der Waals surface area (Å²) in [5.41, 5.74) is 6.88. The number of aryl methyl sites for hydroxylation is 2. The second-order valence-electron chi connectivity index (χ2n) is 9.14. The summed E-state index contributed by atoms with van der Waals surface area (Å²) in [6, 6.07) is 2.28. The molecule has 1 aliphatic heterocycles. The third-order valence-electron chi connectivity index (χ3n) is 6.79. The first kappa shape index (κ1) is 22.0. The lowest BCUT2D eigenvalue weighted by atomic mass is 9.79. The molecule has 0 unspecified atom stereocenters. The van der Waals surface area contributed by atoms with E-state index in [1.807, 2.05) is 18.7 Å². The van der Waals surface area contributed by atoms with E-state index < -0.39 is 5.79 Å². The number of imidazole rings is 1. The van der Waals surface area contributed by atoms with Gasteiger partial charge in [-0.15, -0.1) is 0 Å². The minimum atomic E-state index is -0.651. The van der Waals surface area contributed by atoms with Crippen LogP contribution in [0.4, 0.5) is 0 Å². The number of nitrogens with zero attached hydrogens (tertiary/aromatic N) is 2. The molecule has 2 heterocycles. The predicted octanol–water partition coefficient (Wildman–Crippen LogP) is 5.69. The standard InChI is InChI=1S/C25H38N2O2/c1-7-9-24(10-8-2)16-28-25(29-17-24,15-27-12-11-26-18-27)14-23-21(5)19(3)13-20(4)22(23)6/h11-13,18H,7-10,14-17H2,1-6H3. The summed E-state index contributed by atoms with van der Waals surface area (Å²) >= 11 is 0. The van der Waals surface area contributed by atoms with Crippen molar-refractivity contribution >= 4 is 0 Å². The molecule has 0 aliphatic carbocycles. The largest absolute Gasteiger partial charge is 0.347 e. The van der Waals surface area contributed by atoms with E-state index in [2.05, 4.69) is 57.2 Å². The quantitative estimate of drug-likeness (QED) is 0.573. The lowest BCUT2D eigenvalue weighted by Gasteiger charge is -2.47. The fourth-order valence-electron chi connectivity index (χ4n) is 4.87. The van der Waals surface area contributed by atoms with Gasteiger partial charge in [-0.2, -0.15) is 0 Å². The smallest absolute Gasteiger partial charge is 0.190 e. The van der Waals surface area contributed by atoms with Crippen LogP contribution in [0.1, 0.15) is 67.3 Å². The van der Waals surface area contributed by atoms with Gasteiger partial charge in [0.25, 0.3) is 0 Å². The summed E-state index contributed by atoms with van der Waals surface area (Å²) in [5, 5.41) is 0. The first-order valence-corrected chi connectivity index (χ1v) is 11.1. The van der Waals surface area contributed by atoms with E-state index in [0.29, 0.717) is 6.54 Å². The second-order valence-corrected chi connectivity index (χ2v) is 9.14. The number of benzene rings is 1. The molecule has 2 aromatic rings. The van der Waals surface area contributed by atoms with Crippen LogP contribution in [0.25, 0.3) is 0 Å². The van der Waals surface area contributed by atoms with E-state index in [0.717, 1.165) is 45.3 Å². The molecule has 0 bridgehead atoms. The molecule has 4 heteroatoms. The van der Waals surface area contributed by atoms with Crippen LogP contribution in [0.3, 0.4) is 0 Å². The average Bonchev–Trinajstić information content (AvgIpc) is 3.19. The fourth-order valence-corrected chi connectivity index (χ4v) is 4.87. The Bertz CT molecular complexity index is 768. The molecule has 1 aromatic carbocycles. The maximum atomic E-state index is 6.68. The van der Waals surface area contributed by atoms with Crippen LogP contribution < -0.4 is 0 Å². The molecule has 4 nitrogen and oxygen atoms in total. The van der Waals surface area contributed by atoms with Gasteiger partial charge >= 0.3 is 0 Å². The Morgan fingerprint density at radius 1 is 0.966 bits per heavy atom. The van der Waals surface area contributed by atoms with Crippen LogP contribution in [0.2, 0.25) is 0 Å². The maximum absolute atomic E-state index is 6.68. The zero-order valence-corrected chi connectivity index (χ0v) is 19.2. The highest BCUT2D eigenvalue weighted by atomic mass is 16.7. The van der Waals surface area contributed by atoms with Gasteiger partial charge in [0.1, 0.15) is 0 Å². The van der Waals surface area contributed by atoms with Crippen molar-refractivity contribution in [3.8, 4) is 0 Å². The zero-order valence-electron chi connectivity index (χ0n) is 19.2. The van der Waals surface area contributed by atoms with E-state index in [1.54, 1.807) is 0 Å².